The number of hydrogen-bond donors (Lipinski definition) is 4. The number of benzene rings is 2. The monoisotopic (exact) mass is 553 g/mol. The molecule has 0 aliphatic rings. The van der Waals surface area contributed by atoms with Crippen LogP contribution in [0.1, 0.15) is 6.42 Å². The number of carbonyl (C=O) groups is 1. The van der Waals surface area contributed by atoms with Gasteiger partial charge in [-0.15, -0.1) is 0 Å². The highest BCUT2D eigenvalue weighted by atomic mass is 19.1. The standard InChI is InChI=1S/C27H32FN7O5/c1-39-24-13-22-23(14-25(24)40-11-3-6-34(7-9-36)8-10-37)29-18-30-27(22)33-21-15-31-35(16-21)17-26(38)32-20-5-2-4-19(28)12-20/h2,4-5,12-16,18,36-37H,3,6-11,17H2,1H3,(H,32,38)(H,29,30,33). The fraction of sp³-hybridized carbons (Fsp3) is 0.333. The van der Waals surface area contributed by atoms with E-state index in [9.17, 15) is 9.18 Å². The minimum Gasteiger partial charge on any atom is -0.493 e. The number of amides is 1. The Morgan fingerprint density at radius 3 is 2.65 bits per heavy atom. The first-order valence-corrected chi connectivity index (χ1v) is 12.7. The van der Waals surface area contributed by atoms with Gasteiger partial charge in [-0.25, -0.2) is 14.4 Å². The molecule has 0 unspecified atom stereocenters. The maximum absolute atomic E-state index is 13.4. The van der Waals surface area contributed by atoms with E-state index in [0.717, 1.165) is 0 Å². The smallest absolute Gasteiger partial charge is 0.246 e. The lowest BCUT2D eigenvalue weighted by Crippen LogP contribution is -2.31. The maximum atomic E-state index is 13.4. The normalized spacial score (nSPS) is 11.1. The van der Waals surface area contributed by atoms with Crippen molar-refractivity contribution < 1.29 is 28.9 Å². The predicted octanol–water partition coefficient (Wildman–Crippen LogP) is 2.41. The van der Waals surface area contributed by atoms with Gasteiger partial charge in [0, 0.05) is 43.0 Å². The molecule has 0 saturated carbocycles. The van der Waals surface area contributed by atoms with Gasteiger partial charge in [-0.1, -0.05) is 6.07 Å². The molecule has 0 fully saturated rings. The van der Waals surface area contributed by atoms with Gasteiger partial charge in [0.15, 0.2) is 11.5 Å². The molecule has 0 atom stereocenters. The summed E-state index contributed by atoms with van der Waals surface area (Å²) >= 11 is 0. The molecule has 0 aliphatic heterocycles. The molecule has 2 aromatic carbocycles. The zero-order chi connectivity index (χ0) is 28.3. The predicted molar refractivity (Wildman–Crippen MR) is 147 cm³/mol. The van der Waals surface area contributed by atoms with Crippen LogP contribution in [0.3, 0.4) is 0 Å². The molecule has 12 nitrogen and oxygen atoms in total. The lowest BCUT2D eigenvalue weighted by Gasteiger charge is -2.20. The van der Waals surface area contributed by atoms with Gasteiger partial charge < -0.3 is 30.3 Å². The zero-order valence-corrected chi connectivity index (χ0v) is 22.1. The molecule has 40 heavy (non-hydrogen) atoms. The summed E-state index contributed by atoms with van der Waals surface area (Å²) in [4.78, 5) is 23.0. The van der Waals surface area contributed by atoms with Crippen molar-refractivity contribution in [1.29, 1.82) is 0 Å². The second-order valence-corrected chi connectivity index (χ2v) is 8.84. The molecule has 1 amide bonds. The zero-order valence-electron chi connectivity index (χ0n) is 22.1. The molecule has 0 bridgehead atoms. The Balaban J connectivity index is 1.40. The van der Waals surface area contributed by atoms with E-state index in [2.05, 4.69) is 25.7 Å². The number of nitrogens with one attached hydrogen (secondary N) is 2. The largest absolute Gasteiger partial charge is 0.493 e. The van der Waals surface area contributed by atoms with Crippen molar-refractivity contribution in [2.45, 2.75) is 13.0 Å². The molecule has 0 aliphatic carbocycles. The third-order valence-corrected chi connectivity index (χ3v) is 5.94. The van der Waals surface area contributed by atoms with E-state index >= 15 is 0 Å². The second-order valence-electron chi connectivity index (χ2n) is 8.84. The van der Waals surface area contributed by atoms with Gasteiger partial charge in [0.05, 0.1) is 44.3 Å². The second kappa shape index (κ2) is 14.2. The molecule has 4 rings (SSSR count). The van der Waals surface area contributed by atoms with Crippen LogP contribution in [0.15, 0.2) is 55.1 Å². The van der Waals surface area contributed by atoms with Gasteiger partial charge in [0.1, 0.15) is 24.5 Å². The van der Waals surface area contributed by atoms with Crippen molar-refractivity contribution in [3.8, 4) is 11.5 Å². The first-order valence-electron chi connectivity index (χ1n) is 12.7. The Morgan fingerprint density at radius 2 is 1.90 bits per heavy atom. The number of aromatic nitrogens is 4. The van der Waals surface area contributed by atoms with E-state index in [-0.39, 0.29) is 25.7 Å². The highest BCUT2D eigenvalue weighted by Gasteiger charge is 2.14. The van der Waals surface area contributed by atoms with E-state index in [4.69, 9.17) is 19.7 Å². The van der Waals surface area contributed by atoms with Crippen LogP contribution in [-0.2, 0) is 11.3 Å². The summed E-state index contributed by atoms with van der Waals surface area (Å²) in [6.45, 7) is 2.07. The van der Waals surface area contributed by atoms with Crippen LogP contribution < -0.4 is 20.1 Å². The third kappa shape index (κ3) is 7.85. The minimum absolute atomic E-state index is 0.0299. The van der Waals surface area contributed by atoms with Crippen LogP contribution in [0, 0.1) is 5.82 Å². The molecule has 212 valence electrons. The van der Waals surface area contributed by atoms with Gasteiger partial charge in [-0.3, -0.25) is 14.4 Å². The molecule has 2 heterocycles. The number of hydrogen-bond acceptors (Lipinski definition) is 10. The molecule has 0 radical (unpaired) electrons. The molecule has 0 spiro atoms. The van der Waals surface area contributed by atoms with Crippen molar-refractivity contribution in [2.75, 3.05) is 57.2 Å². The average Bonchev–Trinajstić information content (AvgIpc) is 3.37. The van der Waals surface area contributed by atoms with E-state index in [1.807, 2.05) is 4.90 Å². The summed E-state index contributed by atoms with van der Waals surface area (Å²) in [6.07, 6.45) is 5.35. The number of anilines is 3. The summed E-state index contributed by atoms with van der Waals surface area (Å²) in [6, 6.07) is 9.23. The summed E-state index contributed by atoms with van der Waals surface area (Å²) in [5, 5.41) is 29.1. The van der Waals surface area contributed by atoms with Crippen LogP contribution in [0.2, 0.25) is 0 Å². The number of ether oxygens (including phenoxy) is 2. The van der Waals surface area contributed by atoms with Crippen molar-refractivity contribution in [2.24, 2.45) is 0 Å². The number of methoxy groups -OCH3 is 1. The Kier molecular flexibility index (Phi) is 10.2. The Hall–Kier alpha value is -4.33. The number of halogens is 1. The van der Waals surface area contributed by atoms with Gasteiger partial charge in [-0.2, -0.15) is 5.10 Å². The van der Waals surface area contributed by atoms with Crippen molar-refractivity contribution in [3.63, 3.8) is 0 Å². The lowest BCUT2D eigenvalue weighted by atomic mass is 10.2. The van der Waals surface area contributed by atoms with Crippen LogP contribution in [0.4, 0.5) is 21.6 Å². The quantitative estimate of drug-likeness (QED) is 0.162. The molecular weight excluding hydrogens is 521 g/mol. The van der Waals surface area contributed by atoms with Crippen LogP contribution in [0.5, 0.6) is 11.5 Å². The fourth-order valence-corrected chi connectivity index (χ4v) is 4.09. The fourth-order valence-electron chi connectivity index (χ4n) is 4.09. The maximum Gasteiger partial charge on any atom is 0.246 e. The summed E-state index contributed by atoms with van der Waals surface area (Å²) in [5.74, 6) is 0.780. The topological polar surface area (TPSA) is 147 Å². The Labute approximate surface area is 230 Å². The van der Waals surface area contributed by atoms with Gasteiger partial charge in [-0.05, 0) is 30.7 Å². The number of fused-ring (bicyclic) bond motifs is 1. The summed E-state index contributed by atoms with van der Waals surface area (Å²) in [5.41, 5.74) is 1.61. The molecular formula is C27H32FN7O5. The Bertz CT molecular complexity index is 1410. The van der Waals surface area contributed by atoms with Gasteiger partial charge in [0.2, 0.25) is 5.91 Å². The summed E-state index contributed by atoms with van der Waals surface area (Å²) in [7, 11) is 1.55. The van der Waals surface area contributed by atoms with E-state index in [1.165, 1.54) is 29.2 Å². The molecule has 4 N–H and O–H groups in total. The van der Waals surface area contributed by atoms with Gasteiger partial charge >= 0.3 is 0 Å². The van der Waals surface area contributed by atoms with E-state index < -0.39 is 5.82 Å². The number of rotatable bonds is 15. The molecule has 13 heteroatoms. The number of nitrogens with zero attached hydrogens (tertiary/aromatic N) is 5. The van der Waals surface area contributed by atoms with Gasteiger partial charge in [0.25, 0.3) is 0 Å². The third-order valence-electron chi connectivity index (χ3n) is 5.94. The molecule has 2 aromatic heterocycles. The van der Waals surface area contributed by atoms with Crippen LogP contribution in [0.25, 0.3) is 10.9 Å². The molecule has 0 saturated heterocycles. The average molecular weight is 554 g/mol. The Morgan fingerprint density at radius 1 is 1.07 bits per heavy atom. The van der Waals surface area contributed by atoms with Crippen LogP contribution >= 0.6 is 0 Å². The number of aliphatic hydroxyl groups excluding tert-OH is 2. The van der Waals surface area contributed by atoms with Crippen molar-refractivity contribution >= 4 is 34.0 Å². The van der Waals surface area contributed by atoms with E-state index in [1.54, 1.807) is 37.7 Å². The molecule has 4 aromatic rings. The number of carbonyl (C=O) groups excluding carboxylic acids is 1. The lowest BCUT2D eigenvalue weighted by molar-refractivity contribution is -0.116. The number of aliphatic hydroxyl groups is 2. The first kappa shape index (κ1) is 28.7. The minimum atomic E-state index is -0.435. The highest BCUT2D eigenvalue weighted by Crippen LogP contribution is 2.34. The SMILES string of the molecule is COc1cc2c(Nc3cnn(CC(=O)Nc4cccc(F)c4)c3)ncnc2cc1OCCCN(CCO)CCO. The first-order chi connectivity index (χ1) is 19.5. The van der Waals surface area contributed by atoms with E-state index in [0.29, 0.717) is 72.3 Å². The summed E-state index contributed by atoms with van der Waals surface area (Å²) < 4.78 is 26.3. The van der Waals surface area contributed by atoms with Crippen molar-refractivity contribution in [3.05, 3.63) is 60.9 Å². The van der Waals surface area contributed by atoms with Crippen LogP contribution in [-0.4, -0.2) is 87.3 Å². The highest BCUT2D eigenvalue weighted by molar-refractivity contribution is 5.93. The van der Waals surface area contributed by atoms with Crippen molar-refractivity contribution in [1.82, 2.24) is 24.6 Å².